The molecule has 1 saturated heterocycles. The molecule has 2 saturated carbocycles. The zero-order valence-electron chi connectivity index (χ0n) is 20.2. The molecule has 6 nitrogen and oxygen atoms in total. The highest BCUT2D eigenvalue weighted by Crippen LogP contribution is 2.44. The van der Waals surface area contributed by atoms with Crippen molar-refractivity contribution in [2.24, 2.45) is 17.8 Å². The Hall–Kier alpha value is -2.57. The van der Waals surface area contributed by atoms with E-state index in [1.165, 1.54) is 5.56 Å². The normalized spacial score (nSPS) is 27.6. The van der Waals surface area contributed by atoms with Gasteiger partial charge in [0.15, 0.2) is 17.1 Å². The minimum atomic E-state index is -1.55. The Morgan fingerprint density at radius 1 is 0.971 bits per heavy atom. The van der Waals surface area contributed by atoms with Crippen molar-refractivity contribution in [3.05, 3.63) is 59.7 Å². The number of rotatable bonds is 7. The van der Waals surface area contributed by atoms with E-state index in [0.29, 0.717) is 24.2 Å². The molecule has 2 bridgehead atoms. The van der Waals surface area contributed by atoms with E-state index in [0.717, 1.165) is 76.1 Å². The smallest absolute Gasteiger partial charge is 0.343 e. The monoisotopic (exact) mass is 477 g/mol. The van der Waals surface area contributed by atoms with Gasteiger partial charge in [0.05, 0.1) is 0 Å². The molecule has 2 aromatic rings. The van der Waals surface area contributed by atoms with Crippen LogP contribution in [-0.4, -0.2) is 48.5 Å². The van der Waals surface area contributed by atoms with Crippen molar-refractivity contribution >= 4 is 5.97 Å². The summed E-state index contributed by atoms with van der Waals surface area (Å²) in [6, 6.07) is 15.6. The number of carbonyl (C=O) groups excluding carboxylic acids is 1. The predicted molar refractivity (Wildman–Crippen MR) is 131 cm³/mol. The number of aliphatic hydroxyl groups is 1. The van der Waals surface area contributed by atoms with Crippen molar-refractivity contribution in [2.45, 2.75) is 56.7 Å². The molecular formula is C29H35NO5. The van der Waals surface area contributed by atoms with Gasteiger partial charge >= 0.3 is 5.97 Å². The van der Waals surface area contributed by atoms with Crippen molar-refractivity contribution in [3.63, 3.8) is 0 Å². The van der Waals surface area contributed by atoms with Crippen LogP contribution >= 0.6 is 0 Å². The second-order valence-electron chi connectivity index (χ2n) is 10.8. The van der Waals surface area contributed by atoms with E-state index in [1.807, 2.05) is 36.4 Å². The largest absolute Gasteiger partial charge is 0.459 e. The molecule has 3 unspecified atom stereocenters. The van der Waals surface area contributed by atoms with Crippen LogP contribution in [0.2, 0.25) is 0 Å². The molecule has 0 radical (unpaired) electrons. The van der Waals surface area contributed by atoms with Crippen LogP contribution in [-0.2, 0) is 21.6 Å². The zero-order valence-corrected chi connectivity index (χ0v) is 20.2. The molecule has 2 aromatic carbocycles. The van der Waals surface area contributed by atoms with Gasteiger partial charge in [-0.2, -0.15) is 0 Å². The number of hydrogen-bond acceptors (Lipinski definition) is 6. The van der Waals surface area contributed by atoms with E-state index in [-0.39, 0.29) is 12.0 Å². The van der Waals surface area contributed by atoms with Gasteiger partial charge in [-0.05, 0) is 55.4 Å². The van der Waals surface area contributed by atoms with E-state index in [9.17, 15) is 9.90 Å². The summed E-state index contributed by atoms with van der Waals surface area (Å²) in [6.45, 7) is 3.15. The Kier molecular flexibility index (Phi) is 6.19. The standard InChI is InChI=1S/C29H35NO5/c31-28(29(32,24-8-4-5-9-24)23-6-2-1-3-7-23)35-27-21-11-12-22(27)18-30(17-21)15-14-20-10-13-25-26(16-20)34-19-33-25/h1-3,6-7,10,13,16,21-22,24,27,32H,4-5,8-9,11-12,14-15,17-19H2. The van der Waals surface area contributed by atoms with Crippen LogP contribution in [0, 0.1) is 17.8 Å². The van der Waals surface area contributed by atoms with Crippen molar-refractivity contribution < 1.29 is 24.1 Å². The van der Waals surface area contributed by atoms with Crippen molar-refractivity contribution in [1.82, 2.24) is 4.90 Å². The first kappa shape index (κ1) is 22.9. The van der Waals surface area contributed by atoms with Gasteiger partial charge in [0.2, 0.25) is 6.79 Å². The molecule has 35 heavy (non-hydrogen) atoms. The van der Waals surface area contributed by atoms with Crippen molar-refractivity contribution in [3.8, 4) is 11.5 Å². The lowest BCUT2D eigenvalue weighted by molar-refractivity contribution is -0.186. The number of ether oxygens (including phenoxy) is 3. The molecule has 0 spiro atoms. The van der Waals surface area contributed by atoms with Gasteiger partial charge in [0, 0.05) is 37.4 Å². The number of piperidine rings is 1. The number of esters is 1. The third-order valence-corrected chi connectivity index (χ3v) is 8.69. The van der Waals surface area contributed by atoms with Crippen molar-refractivity contribution in [2.75, 3.05) is 26.4 Å². The highest BCUT2D eigenvalue weighted by atomic mass is 16.7. The number of nitrogens with zero attached hydrogens (tertiary/aromatic N) is 1. The Labute approximate surface area is 207 Å². The average molecular weight is 478 g/mol. The van der Waals surface area contributed by atoms with Crippen LogP contribution in [0.4, 0.5) is 0 Å². The van der Waals surface area contributed by atoms with E-state index >= 15 is 0 Å². The van der Waals surface area contributed by atoms with Crippen LogP contribution in [0.3, 0.4) is 0 Å². The lowest BCUT2D eigenvalue weighted by atomic mass is 9.80. The topological polar surface area (TPSA) is 68.2 Å². The van der Waals surface area contributed by atoms with Crippen LogP contribution in [0.25, 0.3) is 0 Å². The highest BCUT2D eigenvalue weighted by molar-refractivity contribution is 5.82. The third kappa shape index (κ3) is 4.31. The molecule has 2 heterocycles. The molecule has 6 heteroatoms. The Bertz CT molecular complexity index is 1040. The van der Waals surface area contributed by atoms with E-state index in [1.54, 1.807) is 0 Å². The molecule has 0 amide bonds. The zero-order chi connectivity index (χ0) is 23.8. The summed E-state index contributed by atoms with van der Waals surface area (Å²) in [5.74, 6) is 1.81. The molecule has 0 aromatic heterocycles. The molecule has 1 N–H and O–H groups in total. The molecule has 3 fully saturated rings. The molecule has 2 aliphatic carbocycles. The molecule has 6 rings (SSSR count). The summed E-state index contributed by atoms with van der Waals surface area (Å²) >= 11 is 0. The summed E-state index contributed by atoms with van der Waals surface area (Å²) in [4.78, 5) is 16.1. The predicted octanol–water partition coefficient (Wildman–Crippen LogP) is 4.29. The van der Waals surface area contributed by atoms with Crippen LogP contribution in [0.1, 0.15) is 49.7 Å². The maximum atomic E-state index is 13.6. The van der Waals surface area contributed by atoms with Crippen LogP contribution in [0.15, 0.2) is 48.5 Å². The summed E-state index contributed by atoms with van der Waals surface area (Å²) in [6.07, 6.45) is 6.86. The Balaban J connectivity index is 1.11. The summed E-state index contributed by atoms with van der Waals surface area (Å²) in [5.41, 5.74) is 0.373. The van der Waals surface area contributed by atoms with Gasteiger partial charge in [0.25, 0.3) is 0 Å². The van der Waals surface area contributed by atoms with Gasteiger partial charge in [-0.25, -0.2) is 4.79 Å². The van der Waals surface area contributed by atoms with Gasteiger partial charge in [-0.1, -0.05) is 49.2 Å². The van der Waals surface area contributed by atoms with Crippen LogP contribution in [0.5, 0.6) is 11.5 Å². The number of likely N-dealkylation sites (tertiary alicyclic amines) is 1. The number of hydrogen-bond donors (Lipinski definition) is 1. The van der Waals surface area contributed by atoms with Crippen molar-refractivity contribution in [1.29, 1.82) is 0 Å². The summed E-state index contributed by atoms with van der Waals surface area (Å²) in [5, 5.41) is 11.8. The molecule has 4 aliphatic rings. The van der Waals surface area contributed by atoms with Gasteiger partial charge in [-0.3, -0.25) is 0 Å². The highest BCUT2D eigenvalue weighted by Gasteiger charge is 2.51. The minimum absolute atomic E-state index is 0.0724. The van der Waals surface area contributed by atoms with E-state index in [2.05, 4.69) is 17.0 Å². The Morgan fingerprint density at radius 3 is 2.43 bits per heavy atom. The fraction of sp³-hybridized carbons (Fsp3) is 0.552. The van der Waals surface area contributed by atoms with Gasteiger partial charge in [0.1, 0.15) is 6.10 Å². The van der Waals surface area contributed by atoms with Gasteiger partial charge in [-0.15, -0.1) is 0 Å². The summed E-state index contributed by atoms with van der Waals surface area (Å²) < 4.78 is 17.2. The van der Waals surface area contributed by atoms with Gasteiger partial charge < -0.3 is 24.2 Å². The average Bonchev–Trinajstić information content (AvgIpc) is 3.63. The number of carbonyl (C=O) groups is 1. The van der Waals surface area contributed by atoms with E-state index < -0.39 is 11.6 Å². The fourth-order valence-electron chi connectivity index (χ4n) is 6.80. The maximum absolute atomic E-state index is 13.6. The molecule has 2 aliphatic heterocycles. The lowest BCUT2D eigenvalue weighted by Gasteiger charge is -2.40. The van der Waals surface area contributed by atoms with Crippen LogP contribution < -0.4 is 9.47 Å². The summed E-state index contributed by atoms with van der Waals surface area (Å²) in [7, 11) is 0. The first-order chi connectivity index (χ1) is 17.1. The number of benzene rings is 2. The quantitative estimate of drug-likeness (QED) is 0.600. The first-order valence-electron chi connectivity index (χ1n) is 13.2. The maximum Gasteiger partial charge on any atom is 0.343 e. The lowest BCUT2D eigenvalue weighted by Crippen LogP contribution is -2.51. The van der Waals surface area contributed by atoms with E-state index in [4.69, 9.17) is 14.2 Å². The first-order valence-corrected chi connectivity index (χ1v) is 13.2. The molecule has 186 valence electrons. The fourth-order valence-corrected chi connectivity index (χ4v) is 6.80. The molecule has 3 atom stereocenters. The minimum Gasteiger partial charge on any atom is -0.459 e. The number of fused-ring (bicyclic) bond motifs is 3. The molecular weight excluding hydrogens is 442 g/mol. The second kappa shape index (κ2) is 9.47. The third-order valence-electron chi connectivity index (χ3n) is 8.69. The SMILES string of the molecule is O=C(OC1C2CCC1CN(CCc1ccc3c(c1)OCO3)C2)C(O)(c1ccccc1)C1CCCC1. The Morgan fingerprint density at radius 2 is 1.69 bits per heavy atom. The second-order valence-corrected chi connectivity index (χ2v) is 10.8.